The molecule has 3 aromatic rings. The molecular formula is C19H18N2O5S. The van der Waals surface area contributed by atoms with Crippen molar-refractivity contribution in [1.82, 2.24) is 4.98 Å². The van der Waals surface area contributed by atoms with Gasteiger partial charge in [-0.3, -0.25) is 4.79 Å². The van der Waals surface area contributed by atoms with Crippen molar-refractivity contribution >= 4 is 28.9 Å². The van der Waals surface area contributed by atoms with Crippen LogP contribution < -0.4 is 10.1 Å². The molecule has 1 amide bonds. The second kappa shape index (κ2) is 8.05. The number of anilines is 1. The van der Waals surface area contributed by atoms with Gasteiger partial charge in [0.2, 0.25) is 0 Å². The lowest BCUT2D eigenvalue weighted by atomic mass is 10.2. The molecule has 8 heteroatoms. The number of ether oxygens (including phenoxy) is 2. The molecule has 27 heavy (non-hydrogen) atoms. The Hall–Kier alpha value is -3.13. The highest BCUT2D eigenvalue weighted by Gasteiger charge is 2.24. The number of aromatic nitrogens is 1. The molecule has 1 aromatic carbocycles. The predicted molar refractivity (Wildman–Crippen MR) is 101 cm³/mol. The van der Waals surface area contributed by atoms with Crippen LogP contribution in [0, 0.1) is 6.92 Å². The number of rotatable bonds is 6. The zero-order valence-electron chi connectivity index (χ0n) is 15.0. The van der Waals surface area contributed by atoms with Crippen LogP contribution in [0.3, 0.4) is 0 Å². The summed E-state index contributed by atoms with van der Waals surface area (Å²) in [5, 5.41) is 3.27. The molecule has 1 N–H and O–H groups in total. The number of furan rings is 1. The third kappa shape index (κ3) is 4.17. The maximum Gasteiger partial charge on any atom is 0.358 e. The van der Waals surface area contributed by atoms with Crippen LogP contribution in [0.25, 0.3) is 10.8 Å². The summed E-state index contributed by atoms with van der Waals surface area (Å²) in [7, 11) is 1.51. The Morgan fingerprint density at radius 1 is 1.22 bits per heavy atom. The minimum Gasteiger partial charge on any atom is -0.495 e. The number of aryl methyl sites for hydroxylation is 1. The van der Waals surface area contributed by atoms with Gasteiger partial charge in [0.05, 0.1) is 19.1 Å². The van der Waals surface area contributed by atoms with Crippen LogP contribution in [0.15, 0.2) is 47.1 Å². The largest absolute Gasteiger partial charge is 0.495 e. The number of benzene rings is 1. The standard InChI is InChI=1S/C19H18N2O5S/c1-11(17(22)20-13-7-4-5-8-14(13)24-3)26-19(23)16-12(2)27-18(21-16)15-9-6-10-25-15/h4-11H,1-3H3,(H,20,22). The van der Waals surface area contributed by atoms with E-state index >= 15 is 0 Å². The van der Waals surface area contributed by atoms with Crippen LogP contribution in [0.4, 0.5) is 5.69 Å². The SMILES string of the molecule is COc1ccccc1NC(=O)C(C)OC(=O)c1nc(-c2ccco2)sc1C. The summed E-state index contributed by atoms with van der Waals surface area (Å²) in [6.45, 7) is 3.26. The summed E-state index contributed by atoms with van der Waals surface area (Å²) in [6, 6.07) is 10.5. The van der Waals surface area contributed by atoms with Crippen LogP contribution in [-0.2, 0) is 9.53 Å². The monoisotopic (exact) mass is 386 g/mol. The van der Waals surface area contributed by atoms with Crippen molar-refractivity contribution < 1.29 is 23.5 Å². The zero-order valence-corrected chi connectivity index (χ0v) is 15.8. The van der Waals surface area contributed by atoms with Gasteiger partial charge in [-0.15, -0.1) is 11.3 Å². The maximum absolute atomic E-state index is 12.4. The van der Waals surface area contributed by atoms with Crippen molar-refractivity contribution in [3.63, 3.8) is 0 Å². The van der Waals surface area contributed by atoms with E-state index in [1.807, 2.05) is 0 Å². The van der Waals surface area contributed by atoms with Gasteiger partial charge in [0.15, 0.2) is 22.6 Å². The van der Waals surface area contributed by atoms with Crippen molar-refractivity contribution in [2.75, 3.05) is 12.4 Å². The number of para-hydroxylation sites is 2. The topological polar surface area (TPSA) is 90.7 Å². The Kier molecular flexibility index (Phi) is 5.56. The molecule has 0 saturated heterocycles. The number of esters is 1. The fraction of sp³-hybridized carbons (Fsp3) is 0.211. The first-order valence-electron chi connectivity index (χ1n) is 8.15. The molecule has 7 nitrogen and oxygen atoms in total. The fourth-order valence-electron chi connectivity index (χ4n) is 2.34. The number of methoxy groups -OCH3 is 1. The smallest absolute Gasteiger partial charge is 0.358 e. The summed E-state index contributed by atoms with van der Waals surface area (Å²) in [6.07, 6.45) is 0.532. The first-order chi connectivity index (χ1) is 13.0. The first-order valence-corrected chi connectivity index (χ1v) is 8.97. The normalized spacial score (nSPS) is 11.7. The second-order valence-corrected chi connectivity index (χ2v) is 6.84. The highest BCUT2D eigenvalue weighted by molar-refractivity contribution is 7.15. The van der Waals surface area contributed by atoms with E-state index in [1.54, 1.807) is 43.3 Å². The van der Waals surface area contributed by atoms with Gasteiger partial charge in [-0.1, -0.05) is 12.1 Å². The van der Waals surface area contributed by atoms with Gasteiger partial charge < -0.3 is 19.2 Å². The summed E-state index contributed by atoms with van der Waals surface area (Å²) in [5.74, 6) is -0.0388. The van der Waals surface area contributed by atoms with E-state index in [0.29, 0.717) is 27.1 Å². The lowest BCUT2D eigenvalue weighted by molar-refractivity contribution is -0.123. The first kappa shape index (κ1) is 18.7. The molecule has 2 aromatic heterocycles. The molecule has 0 fully saturated rings. The van der Waals surface area contributed by atoms with E-state index in [-0.39, 0.29) is 5.69 Å². The minimum absolute atomic E-state index is 0.170. The molecule has 0 saturated carbocycles. The van der Waals surface area contributed by atoms with Crippen LogP contribution in [0.5, 0.6) is 5.75 Å². The Labute approximate surface area is 159 Å². The molecule has 1 unspecified atom stereocenters. The van der Waals surface area contributed by atoms with Crippen LogP contribution >= 0.6 is 11.3 Å². The fourth-order valence-corrected chi connectivity index (χ4v) is 3.21. The van der Waals surface area contributed by atoms with Crippen molar-refractivity contribution in [2.24, 2.45) is 0 Å². The number of nitrogens with zero attached hydrogens (tertiary/aromatic N) is 1. The average Bonchev–Trinajstić information content (AvgIpc) is 3.31. The van der Waals surface area contributed by atoms with E-state index < -0.39 is 18.0 Å². The number of carbonyl (C=O) groups is 2. The Bertz CT molecular complexity index is 949. The van der Waals surface area contributed by atoms with E-state index in [4.69, 9.17) is 13.9 Å². The molecule has 0 spiro atoms. The molecule has 0 aliphatic rings. The van der Waals surface area contributed by atoms with Gasteiger partial charge in [-0.05, 0) is 38.1 Å². The molecule has 0 radical (unpaired) electrons. The molecular weight excluding hydrogens is 368 g/mol. The van der Waals surface area contributed by atoms with Crippen LogP contribution in [-0.4, -0.2) is 30.1 Å². The van der Waals surface area contributed by atoms with Crippen molar-refractivity contribution in [3.05, 3.63) is 53.2 Å². The summed E-state index contributed by atoms with van der Waals surface area (Å²) < 4.78 is 15.8. The van der Waals surface area contributed by atoms with Crippen LogP contribution in [0.2, 0.25) is 0 Å². The lowest BCUT2D eigenvalue weighted by Crippen LogP contribution is -2.30. The molecule has 0 bridgehead atoms. The number of thiazole rings is 1. The van der Waals surface area contributed by atoms with Crippen molar-refractivity contribution in [3.8, 4) is 16.5 Å². The molecule has 3 rings (SSSR count). The Morgan fingerprint density at radius 2 is 2.00 bits per heavy atom. The third-order valence-electron chi connectivity index (χ3n) is 3.74. The molecule has 0 aliphatic carbocycles. The second-order valence-electron chi connectivity index (χ2n) is 5.64. The van der Waals surface area contributed by atoms with Gasteiger partial charge >= 0.3 is 5.97 Å². The third-order valence-corrected chi connectivity index (χ3v) is 4.73. The molecule has 0 aliphatic heterocycles. The summed E-state index contributed by atoms with van der Waals surface area (Å²) >= 11 is 1.32. The number of amides is 1. The summed E-state index contributed by atoms with van der Waals surface area (Å²) in [4.78, 5) is 29.7. The van der Waals surface area contributed by atoms with E-state index in [2.05, 4.69) is 10.3 Å². The average molecular weight is 386 g/mol. The molecule has 140 valence electrons. The molecule has 1 atom stereocenters. The highest BCUT2D eigenvalue weighted by Crippen LogP contribution is 2.28. The maximum atomic E-state index is 12.4. The van der Waals surface area contributed by atoms with Gasteiger partial charge in [-0.25, -0.2) is 9.78 Å². The minimum atomic E-state index is -1.00. The highest BCUT2D eigenvalue weighted by atomic mass is 32.1. The number of hydrogen-bond donors (Lipinski definition) is 1. The van der Waals surface area contributed by atoms with Gasteiger partial charge in [0.25, 0.3) is 5.91 Å². The van der Waals surface area contributed by atoms with E-state index in [1.165, 1.54) is 31.6 Å². The molecule has 2 heterocycles. The summed E-state index contributed by atoms with van der Waals surface area (Å²) in [5.41, 5.74) is 0.668. The Balaban J connectivity index is 1.68. The van der Waals surface area contributed by atoms with Gasteiger partial charge in [0, 0.05) is 4.88 Å². The lowest BCUT2D eigenvalue weighted by Gasteiger charge is -2.14. The van der Waals surface area contributed by atoms with E-state index in [9.17, 15) is 9.59 Å². The van der Waals surface area contributed by atoms with Crippen molar-refractivity contribution in [2.45, 2.75) is 20.0 Å². The van der Waals surface area contributed by atoms with E-state index in [0.717, 1.165) is 0 Å². The van der Waals surface area contributed by atoms with Gasteiger partial charge in [-0.2, -0.15) is 0 Å². The Morgan fingerprint density at radius 3 is 2.70 bits per heavy atom. The number of hydrogen-bond acceptors (Lipinski definition) is 7. The van der Waals surface area contributed by atoms with Crippen LogP contribution in [0.1, 0.15) is 22.3 Å². The number of carbonyl (C=O) groups excluding carboxylic acids is 2. The van der Waals surface area contributed by atoms with Gasteiger partial charge in [0.1, 0.15) is 5.75 Å². The quantitative estimate of drug-likeness (QED) is 0.646. The predicted octanol–water partition coefficient (Wildman–Crippen LogP) is 3.90. The van der Waals surface area contributed by atoms with Crippen molar-refractivity contribution in [1.29, 1.82) is 0 Å². The number of nitrogens with one attached hydrogen (secondary N) is 1. The zero-order chi connectivity index (χ0) is 19.4.